The van der Waals surface area contributed by atoms with Gasteiger partial charge in [0.25, 0.3) is 0 Å². The van der Waals surface area contributed by atoms with Crippen molar-refractivity contribution < 1.29 is 0 Å². The number of nitrogens with zero attached hydrogens (tertiary/aromatic N) is 2. The van der Waals surface area contributed by atoms with Crippen molar-refractivity contribution in [1.29, 1.82) is 5.26 Å². The predicted molar refractivity (Wildman–Crippen MR) is 115 cm³/mol. The number of nitriles is 1. The van der Waals surface area contributed by atoms with Crippen LogP contribution in [0.3, 0.4) is 0 Å². The Bertz CT molecular complexity index is 709. The van der Waals surface area contributed by atoms with Gasteiger partial charge in [-0.2, -0.15) is 5.26 Å². The topological polar surface area (TPSA) is 27.0 Å². The van der Waals surface area contributed by atoms with Crippen LogP contribution in [0, 0.1) is 11.3 Å². The summed E-state index contributed by atoms with van der Waals surface area (Å²) in [5.74, 6) is 0.431. The Balaban J connectivity index is 0.000000817. The van der Waals surface area contributed by atoms with Crippen molar-refractivity contribution in [2.24, 2.45) is 0 Å². The third-order valence-corrected chi connectivity index (χ3v) is 6.10. The lowest BCUT2D eigenvalue weighted by Gasteiger charge is -2.37. The zero-order valence-electron chi connectivity index (χ0n) is 16.1. The third kappa shape index (κ3) is 6.85. The minimum absolute atomic E-state index is 0.0872. The number of rotatable bonds is 7. The van der Waals surface area contributed by atoms with E-state index in [2.05, 4.69) is 66.5 Å². The van der Waals surface area contributed by atoms with Gasteiger partial charge in [0, 0.05) is 19.4 Å². The second-order valence-corrected chi connectivity index (χ2v) is 8.16. The molecule has 4 heteroatoms. The molecule has 1 fully saturated rings. The number of hydrogen-bond donors (Lipinski definition) is 0. The summed E-state index contributed by atoms with van der Waals surface area (Å²) >= 11 is 12.4. The van der Waals surface area contributed by atoms with Crippen LogP contribution in [0.15, 0.2) is 54.6 Å². The smallest absolute Gasteiger partial charge is 0.0587 e. The van der Waals surface area contributed by atoms with Gasteiger partial charge in [0.15, 0.2) is 0 Å². The number of hydrogen-bond acceptors (Lipinski definition) is 2. The minimum Gasteiger partial charge on any atom is -0.302 e. The standard InChI is InChI=1S/C21H25Cl2N.C2H3N/c1-24(15-17-6-3-2-4-7-17)13-5-8-16-9-11-18(12-10-16)19-14-20(22)21(19)23;1-2-3/h2-4,6-7,9-12,19-21H,5,8,13-15H2,1H3;1H3. The van der Waals surface area contributed by atoms with Crippen LogP contribution < -0.4 is 0 Å². The molecule has 1 aliphatic carbocycles. The molecule has 0 aliphatic heterocycles. The minimum atomic E-state index is 0.0872. The van der Waals surface area contributed by atoms with Crippen LogP contribution >= 0.6 is 23.2 Å². The Hall–Kier alpha value is -1.53. The van der Waals surface area contributed by atoms with E-state index in [-0.39, 0.29) is 10.8 Å². The largest absolute Gasteiger partial charge is 0.302 e. The fourth-order valence-electron chi connectivity index (χ4n) is 3.34. The normalized spacial score (nSPS) is 21.0. The molecule has 0 aromatic heterocycles. The number of benzene rings is 2. The van der Waals surface area contributed by atoms with Gasteiger partial charge in [-0.15, -0.1) is 23.2 Å². The molecule has 3 rings (SSSR count). The monoisotopic (exact) mass is 402 g/mol. The lowest BCUT2D eigenvalue weighted by Crippen LogP contribution is -2.36. The maximum absolute atomic E-state index is 7.32. The van der Waals surface area contributed by atoms with E-state index in [9.17, 15) is 0 Å². The van der Waals surface area contributed by atoms with Gasteiger partial charge in [-0.1, -0.05) is 54.6 Å². The molecule has 0 saturated heterocycles. The maximum Gasteiger partial charge on any atom is 0.0587 e. The van der Waals surface area contributed by atoms with E-state index >= 15 is 0 Å². The highest BCUT2D eigenvalue weighted by Gasteiger charge is 2.39. The number of aryl methyl sites for hydroxylation is 1. The SMILES string of the molecule is CC#N.CN(CCCc1ccc(C2CC(Cl)C2Cl)cc1)Cc1ccccc1. The Kier molecular flexibility index (Phi) is 9.15. The lowest BCUT2D eigenvalue weighted by atomic mass is 9.78. The predicted octanol–water partition coefficient (Wildman–Crippen LogP) is 5.98. The fraction of sp³-hybridized carbons (Fsp3) is 0.435. The van der Waals surface area contributed by atoms with Crippen molar-refractivity contribution in [1.82, 2.24) is 4.90 Å². The van der Waals surface area contributed by atoms with Crippen molar-refractivity contribution >= 4 is 23.2 Å². The molecule has 1 aliphatic rings. The molecule has 0 amide bonds. The molecule has 2 nitrogen and oxygen atoms in total. The summed E-state index contributed by atoms with van der Waals surface area (Å²) in [6.07, 6.45) is 3.29. The van der Waals surface area contributed by atoms with Crippen LogP contribution in [0.25, 0.3) is 0 Å². The van der Waals surface area contributed by atoms with Gasteiger partial charge in [-0.25, -0.2) is 0 Å². The summed E-state index contributed by atoms with van der Waals surface area (Å²) in [6, 6.07) is 21.3. The molecule has 2 aromatic rings. The third-order valence-electron chi connectivity index (χ3n) is 4.92. The van der Waals surface area contributed by atoms with Crippen LogP contribution in [-0.2, 0) is 13.0 Å². The molecule has 0 N–H and O–H groups in total. The zero-order valence-corrected chi connectivity index (χ0v) is 17.6. The first-order chi connectivity index (χ1) is 13.0. The van der Waals surface area contributed by atoms with Crippen LogP contribution in [-0.4, -0.2) is 29.2 Å². The van der Waals surface area contributed by atoms with Gasteiger partial charge in [-0.05, 0) is 49.5 Å². The molecule has 3 atom stereocenters. The highest BCUT2D eigenvalue weighted by Crippen LogP contribution is 2.44. The summed E-state index contributed by atoms with van der Waals surface area (Å²) in [4.78, 5) is 2.39. The molecule has 27 heavy (non-hydrogen) atoms. The van der Waals surface area contributed by atoms with E-state index in [1.165, 1.54) is 30.0 Å². The quantitative estimate of drug-likeness (QED) is 0.532. The Labute approximate surface area is 173 Å². The van der Waals surface area contributed by atoms with Crippen LogP contribution in [0.1, 0.15) is 42.4 Å². The van der Waals surface area contributed by atoms with Crippen molar-refractivity contribution in [2.45, 2.75) is 49.4 Å². The summed E-state index contributed by atoms with van der Waals surface area (Å²) in [5, 5.41) is 7.54. The molecule has 0 heterocycles. The second-order valence-electron chi connectivity index (χ2n) is 7.09. The van der Waals surface area contributed by atoms with E-state index in [1.807, 2.05) is 0 Å². The first-order valence-corrected chi connectivity index (χ1v) is 10.3. The highest BCUT2D eigenvalue weighted by atomic mass is 35.5. The molecular weight excluding hydrogens is 375 g/mol. The molecule has 144 valence electrons. The first-order valence-electron chi connectivity index (χ1n) is 9.45. The van der Waals surface area contributed by atoms with E-state index < -0.39 is 0 Å². The number of alkyl halides is 2. The van der Waals surface area contributed by atoms with Gasteiger partial charge < -0.3 is 4.90 Å². The van der Waals surface area contributed by atoms with Gasteiger partial charge in [0.05, 0.1) is 16.8 Å². The van der Waals surface area contributed by atoms with Crippen LogP contribution in [0.4, 0.5) is 0 Å². The lowest BCUT2D eigenvalue weighted by molar-refractivity contribution is 0.322. The van der Waals surface area contributed by atoms with E-state index in [1.54, 1.807) is 6.07 Å². The maximum atomic E-state index is 7.32. The van der Waals surface area contributed by atoms with E-state index in [0.717, 1.165) is 25.9 Å². The van der Waals surface area contributed by atoms with E-state index in [4.69, 9.17) is 28.5 Å². The Morgan fingerprint density at radius 2 is 1.67 bits per heavy atom. The van der Waals surface area contributed by atoms with Crippen molar-refractivity contribution in [3.05, 3.63) is 71.3 Å². The summed E-state index contributed by atoms with van der Waals surface area (Å²) in [6.45, 7) is 3.55. The first kappa shape index (κ1) is 21.8. The summed E-state index contributed by atoms with van der Waals surface area (Å²) in [7, 11) is 2.19. The van der Waals surface area contributed by atoms with Gasteiger partial charge in [-0.3, -0.25) is 0 Å². The van der Waals surface area contributed by atoms with Gasteiger partial charge >= 0.3 is 0 Å². The molecule has 2 aromatic carbocycles. The van der Waals surface area contributed by atoms with Crippen LogP contribution in [0.5, 0.6) is 0 Å². The van der Waals surface area contributed by atoms with Crippen molar-refractivity contribution in [3.63, 3.8) is 0 Å². The fourth-order valence-corrected chi connectivity index (χ4v) is 4.06. The molecule has 0 bridgehead atoms. The van der Waals surface area contributed by atoms with Crippen molar-refractivity contribution in [3.8, 4) is 6.07 Å². The Morgan fingerprint density at radius 1 is 1.04 bits per heavy atom. The molecular formula is C23H28Cl2N2. The second kappa shape index (κ2) is 11.3. The number of halogens is 2. The highest BCUT2D eigenvalue weighted by molar-refractivity contribution is 6.31. The summed E-state index contributed by atoms with van der Waals surface area (Å²) in [5.41, 5.74) is 4.11. The molecule has 1 saturated carbocycles. The Morgan fingerprint density at radius 3 is 2.22 bits per heavy atom. The molecule has 3 unspecified atom stereocenters. The van der Waals surface area contributed by atoms with E-state index in [0.29, 0.717) is 5.92 Å². The average molecular weight is 403 g/mol. The van der Waals surface area contributed by atoms with Crippen molar-refractivity contribution in [2.75, 3.05) is 13.6 Å². The zero-order chi connectivity index (χ0) is 19.6. The summed E-state index contributed by atoms with van der Waals surface area (Å²) < 4.78 is 0. The van der Waals surface area contributed by atoms with Crippen LogP contribution in [0.2, 0.25) is 0 Å². The average Bonchev–Trinajstić information content (AvgIpc) is 2.68. The molecule has 0 radical (unpaired) electrons. The van der Waals surface area contributed by atoms with Gasteiger partial charge in [0.1, 0.15) is 0 Å². The molecule has 0 spiro atoms. The van der Waals surface area contributed by atoms with Gasteiger partial charge in [0.2, 0.25) is 0 Å².